The summed E-state index contributed by atoms with van der Waals surface area (Å²) in [6.45, 7) is 3.00. The second-order valence-electron chi connectivity index (χ2n) is 5.50. The van der Waals surface area contributed by atoms with Crippen LogP contribution in [0.15, 0.2) is 0 Å². The zero-order chi connectivity index (χ0) is 15.9. The Hall–Kier alpha value is -0.360. The van der Waals surface area contributed by atoms with Gasteiger partial charge in [-0.05, 0) is 13.8 Å². The first-order valence-corrected chi connectivity index (χ1v) is 6.78. The first-order valence-electron chi connectivity index (χ1n) is 6.78. The van der Waals surface area contributed by atoms with E-state index in [1.807, 2.05) is 0 Å². The molecule has 2 heterocycles. The molecule has 9 nitrogen and oxygen atoms in total. The lowest BCUT2D eigenvalue weighted by Crippen LogP contribution is -2.62. The third-order valence-electron chi connectivity index (χ3n) is 3.90. The lowest BCUT2D eigenvalue weighted by Gasteiger charge is -2.44. The van der Waals surface area contributed by atoms with Crippen LogP contribution in [0.1, 0.15) is 13.8 Å². The average Bonchev–Trinajstić information content (AvgIpc) is 2.44. The molecule has 0 amide bonds. The highest BCUT2D eigenvalue weighted by Crippen LogP contribution is 2.28. The molecule has 0 bridgehead atoms. The maximum atomic E-state index is 9.91. The van der Waals surface area contributed by atoms with Crippen molar-refractivity contribution in [3.8, 4) is 0 Å². The lowest BCUT2D eigenvalue weighted by atomic mass is 9.98. The predicted molar refractivity (Wildman–Crippen MR) is 65.8 cm³/mol. The monoisotopic (exact) mass is 310 g/mol. The zero-order valence-electron chi connectivity index (χ0n) is 11.7. The molecular weight excluding hydrogens is 288 g/mol. The van der Waals surface area contributed by atoms with E-state index in [-0.39, 0.29) is 0 Å². The lowest BCUT2D eigenvalue weighted by molar-refractivity contribution is -0.348. The third-order valence-corrected chi connectivity index (χ3v) is 3.90. The molecule has 124 valence electrons. The van der Waals surface area contributed by atoms with E-state index in [1.54, 1.807) is 0 Å². The summed E-state index contributed by atoms with van der Waals surface area (Å²) in [5.74, 6) is 0. The standard InChI is InChI=1S/C12H22O9/c1-3-5(13)6(14)9(17)12(20-3)21-10-4(2)19-11(18)8(16)7(10)15/h3-18H,1-2H3/t3-,4-,5+,6+,7-,8-,9-,10+,11?,12-/m1/s1. The van der Waals surface area contributed by atoms with Crippen molar-refractivity contribution in [3.05, 3.63) is 0 Å². The molecule has 0 aromatic heterocycles. The van der Waals surface area contributed by atoms with Gasteiger partial charge in [-0.25, -0.2) is 0 Å². The van der Waals surface area contributed by atoms with Crippen LogP contribution in [0, 0.1) is 0 Å². The Morgan fingerprint density at radius 2 is 1.29 bits per heavy atom. The van der Waals surface area contributed by atoms with E-state index >= 15 is 0 Å². The highest BCUT2D eigenvalue weighted by molar-refractivity contribution is 4.91. The van der Waals surface area contributed by atoms with Gasteiger partial charge in [0.2, 0.25) is 0 Å². The number of rotatable bonds is 2. The van der Waals surface area contributed by atoms with Crippen molar-refractivity contribution in [3.63, 3.8) is 0 Å². The smallest absolute Gasteiger partial charge is 0.187 e. The summed E-state index contributed by atoms with van der Waals surface area (Å²) >= 11 is 0. The SMILES string of the molecule is C[C@H]1O[C@H](O[C@@H]2[C@H](O)[C@@H](O)C(O)O[C@@H]2C)[C@H](O)[C@@H](O)[C@H]1O. The fraction of sp³-hybridized carbons (Fsp3) is 1.00. The fourth-order valence-corrected chi connectivity index (χ4v) is 2.49. The van der Waals surface area contributed by atoms with Gasteiger partial charge in [-0.2, -0.15) is 0 Å². The van der Waals surface area contributed by atoms with Crippen molar-refractivity contribution >= 4 is 0 Å². The second-order valence-corrected chi connectivity index (χ2v) is 5.50. The summed E-state index contributed by atoms with van der Waals surface area (Å²) in [4.78, 5) is 0. The van der Waals surface area contributed by atoms with Gasteiger partial charge in [0.25, 0.3) is 0 Å². The number of ether oxygens (including phenoxy) is 3. The highest BCUT2D eigenvalue weighted by atomic mass is 16.7. The molecule has 0 aliphatic carbocycles. The van der Waals surface area contributed by atoms with E-state index < -0.39 is 61.4 Å². The summed E-state index contributed by atoms with van der Waals surface area (Å²) in [7, 11) is 0. The van der Waals surface area contributed by atoms with Gasteiger partial charge in [0.15, 0.2) is 12.6 Å². The van der Waals surface area contributed by atoms with Gasteiger partial charge < -0.3 is 44.8 Å². The van der Waals surface area contributed by atoms with Crippen LogP contribution < -0.4 is 0 Å². The summed E-state index contributed by atoms with van der Waals surface area (Å²) in [6, 6.07) is 0. The molecule has 1 unspecified atom stereocenters. The Labute approximate surface area is 121 Å². The van der Waals surface area contributed by atoms with Crippen molar-refractivity contribution in [2.24, 2.45) is 0 Å². The minimum atomic E-state index is -1.57. The van der Waals surface area contributed by atoms with Crippen molar-refractivity contribution in [1.29, 1.82) is 0 Å². The molecule has 2 rings (SSSR count). The molecule has 0 saturated carbocycles. The Bertz CT molecular complexity index is 354. The van der Waals surface area contributed by atoms with Gasteiger partial charge in [0.05, 0.1) is 12.2 Å². The molecule has 0 radical (unpaired) electrons. The Balaban J connectivity index is 2.06. The van der Waals surface area contributed by atoms with Crippen molar-refractivity contribution in [1.82, 2.24) is 0 Å². The first kappa shape index (κ1) is 17.0. The molecule has 2 aliphatic heterocycles. The molecule has 10 atom stereocenters. The molecular formula is C12H22O9. The average molecular weight is 310 g/mol. The highest BCUT2D eigenvalue weighted by Gasteiger charge is 2.48. The minimum Gasteiger partial charge on any atom is -0.388 e. The van der Waals surface area contributed by atoms with Crippen LogP contribution in [0.25, 0.3) is 0 Å². The van der Waals surface area contributed by atoms with E-state index in [4.69, 9.17) is 14.2 Å². The molecule has 0 aromatic rings. The Morgan fingerprint density at radius 1 is 0.667 bits per heavy atom. The molecule has 9 heteroatoms. The number of aliphatic hydroxyl groups is 6. The third kappa shape index (κ3) is 3.21. The zero-order valence-corrected chi connectivity index (χ0v) is 11.7. The maximum Gasteiger partial charge on any atom is 0.187 e. The van der Waals surface area contributed by atoms with E-state index in [0.717, 1.165) is 0 Å². The van der Waals surface area contributed by atoms with Gasteiger partial charge in [-0.1, -0.05) is 0 Å². The molecule has 0 spiro atoms. The topological polar surface area (TPSA) is 149 Å². The molecule has 6 N–H and O–H groups in total. The van der Waals surface area contributed by atoms with E-state index in [2.05, 4.69) is 0 Å². The first-order chi connectivity index (χ1) is 9.73. The molecule has 2 saturated heterocycles. The minimum absolute atomic E-state index is 0.784. The quantitative estimate of drug-likeness (QED) is 0.308. The Morgan fingerprint density at radius 3 is 1.90 bits per heavy atom. The summed E-state index contributed by atoms with van der Waals surface area (Å²) in [6.07, 6.45) is -12.8. The summed E-state index contributed by atoms with van der Waals surface area (Å²) in [5, 5.41) is 58.0. The second kappa shape index (κ2) is 6.41. The van der Waals surface area contributed by atoms with Crippen LogP contribution in [0.2, 0.25) is 0 Å². The van der Waals surface area contributed by atoms with E-state index in [1.165, 1.54) is 13.8 Å². The van der Waals surface area contributed by atoms with Crippen LogP contribution >= 0.6 is 0 Å². The van der Waals surface area contributed by atoms with Crippen molar-refractivity contribution < 1.29 is 44.8 Å². The number of hydrogen-bond acceptors (Lipinski definition) is 9. The normalized spacial score (nSPS) is 55.4. The van der Waals surface area contributed by atoms with Crippen LogP contribution in [0.4, 0.5) is 0 Å². The van der Waals surface area contributed by atoms with E-state index in [0.29, 0.717) is 0 Å². The predicted octanol–water partition coefficient (Wildman–Crippen LogP) is -3.34. The van der Waals surface area contributed by atoms with Crippen molar-refractivity contribution in [2.75, 3.05) is 0 Å². The van der Waals surface area contributed by atoms with Crippen LogP contribution in [0.3, 0.4) is 0 Å². The fourth-order valence-electron chi connectivity index (χ4n) is 2.49. The molecule has 2 fully saturated rings. The van der Waals surface area contributed by atoms with Crippen LogP contribution in [-0.4, -0.2) is 92.1 Å². The van der Waals surface area contributed by atoms with Gasteiger partial charge in [-0.15, -0.1) is 0 Å². The summed E-state index contributed by atoms with van der Waals surface area (Å²) in [5.41, 5.74) is 0. The molecule has 21 heavy (non-hydrogen) atoms. The maximum absolute atomic E-state index is 9.91. The van der Waals surface area contributed by atoms with E-state index in [9.17, 15) is 30.6 Å². The van der Waals surface area contributed by atoms with Crippen LogP contribution in [0.5, 0.6) is 0 Å². The number of hydrogen-bond donors (Lipinski definition) is 6. The van der Waals surface area contributed by atoms with Gasteiger partial charge in [-0.3, -0.25) is 0 Å². The van der Waals surface area contributed by atoms with Gasteiger partial charge >= 0.3 is 0 Å². The van der Waals surface area contributed by atoms with Crippen LogP contribution in [-0.2, 0) is 14.2 Å². The van der Waals surface area contributed by atoms with Gasteiger partial charge in [0.1, 0.15) is 36.6 Å². The van der Waals surface area contributed by atoms with Crippen molar-refractivity contribution in [2.45, 2.75) is 75.3 Å². The summed E-state index contributed by atoms with van der Waals surface area (Å²) < 4.78 is 15.6. The van der Waals surface area contributed by atoms with Gasteiger partial charge in [0, 0.05) is 0 Å². The Kier molecular flexibility index (Phi) is 5.19. The molecule has 2 aliphatic rings. The largest absolute Gasteiger partial charge is 0.388 e. The molecule has 0 aromatic carbocycles. The number of aliphatic hydroxyl groups excluding tert-OH is 6.